The summed E-state index contributed by atoms with van der Waals surface area (Å²) in [5.41, 5.74) is 9.69. The van der Waals surface area contributed by atoms with Crippen LogP contribution in [0.25, 0.3) is 10.9 Å². The van der Waals surface area contributed by atoms with E-state index in [0.29, 0.717) is 18.9 Å². The summed E-state index contributed by atoms with van der Waals surface area (Å²) in [5.74, 6) is 0. The second kappa shape index (κ2) is 5.72. The van der Waals surface area contributed by atoms with Crippen molar-refractivity contribution >= 4 is 16.6 Å². The molecule has 20 heavy (non-hydrogen) atoms. The molecule has 1 heterocycles. The number of anilines is 1. The third-order valence-electron chi connectivity index (χ3n) is 3.15. The normalized spacial score (nSPS) is 10.8. The van der Waals surface area contributed by atoms with E-state index in [4.69, 9.17) is 10.5 Å². The Hall–Kier alpha value is -2.39. The van der Waals surface area contributed by atoms with Crippen molar-refractivity contribution in [3.8, 4) is 0 Å². The van der Waals surface area contributed by atoms with Gasteiger partial charge in [0.2, 0.25) is 0 Å². The Morgan fingerprint density at radius 2 is 1.70 bits per heavy atom. The predicted octanol–water partition coefficient (Wildman–Crippen LogP) is 3.53. The van der Waals surface area contributed by atoms with E-state index < -0.39 is 0 Å². The lowest BCUT2D eigenvalue weighted by molar-refractivity contribution is 0.107. The van der Waals surface area contributed by atoms with Gasteiger partial charge in [-0.1, -0.05) is 36.4 Å². The number of fused-ring (bicyclic) bond motifs is 1. The van der Waals surface area contributed by atoms with Gasteiger partial charge in [0, 0.05) is 5.39 Å². The summed E-state index contributed by atoms with van der Waals surface area (Å²) in [5, 5.41) is 1.05. The highest BCUT2D eigenvalue weighted by Crippen LogP contribution is 2.17. The molecule has 3 rings (SSSR count). The number of benzene rings is 2. The molecule has 0 saturated carbocycles. The number of nitrogens with zero attached hydrogens (tertiary/aromatic N) is 1. The maximum Gasteiger partial charge on any atom is 0.0721 e. The van der Waals surface area contributed by atoms with Crippen LogP contribution >= 0.6 is 0 Å². The van der Waals surface area contributed by atoms with Crippen molar-refractivity contribution in [2.24, 2.45) is 0 Å². The average molecular weight is 264 g/mol. The Balaban J connectivity index is 1.68. The van der Waals surface area contributed by atoms with Crippen LogP contribution in [0, 0.1) is 0 Å². The lowest BCUT2D eigenvalue weighted by atomic mass is 10.1. The maximum absolute atomic E-state index is 5.76. The topological polar surface area (TPSA) is 48.1 Å². The highest BCUT2D eigenvalue weighted by molar-refractivity contribution is 5.81. The van der Waals surface area contributed by atoms with Crippen molar-refractivity contribution in [1.82, 2.24) is 4.98 Å². The fourth-order valence-corrected chi connectivity index (χ4v) is 2.15. The second-order valence-corrected chi connectivity index (χ2v) is 4.77. The SMILES string of the molecule is Nc1cnc2ccc(COCc3ccccc3)cc2c1. The van der Waals surface area contributed by atoms with Crippen LogP contribution in [0.4, 0.5) is 5.69 Å². The Bertz CT molecular complexity index is 711. The maximum atomic E-state index is 5.76. The number of pyridine rings is 1. The largest absolute Gasteiger partial charge is 0.397 e. The van der Waals surface area contributed by atoms with Gasteiger partial charge < -0.3 is 10.5 Å². The second-order valence-electron chi connectivity index (χ2n) is 4.77. The van der Waals surface area contributed by atoms with Gasteiger partial charge in [0.05, 0.1) is 30.6 Å². The first-order valence-corrected chi connectivity index (χ1v) is 6.57. The lowest BCUT2D eigenvalue weighted by Crippen LogP contribution is -1.94. The molecule has 0 aliphatic rings. The van der Waals surface area contributed by atoms with E-state index in [1.165, 1.54) is 5.56 Å². The van der Waals surface area contributed by atoms with E-state index in [-0.39, 0.29) is 0 Å². The van der Waals surface area contributed by atoms with Gasteiger partial charge in [-0.05, 0) is 29.3 Å². The molecule has 0 atom stereocenters. The molecule has 0 aliphatic carbocycles. The number of nitrogen functional groups attached to an aromatic ring is 1. The number of nitrogens with two attached hydrogens (primary N) is 1. The zero-order chi connectivity index (χ0) is 13.8. The molecule has 3 aromatic rings. The van der Waals surface area contributed by atoms with Gasteiger partial charge in [0.15, 0.2) is 0 Å². The van der Waals surface area contributed by atoms with Crippen LogP contribution in [0.5, 0.6) is 0 Å². The van der Waals surface area contributed by atoms with Gasteiger partial charge in [-0.2, -0.15) is 0 Å². The molecule has 0 amide bonds. The van der Waals surface area contributed by atoms with Crippen LogP contribution in [-0.2, 0) is 18.0 Å². The van der Waals surface area contributed by atoms with Gasteiger partial charge in [-0.3, -0.25) is 4.98 Å². The highest BCUT2D eigenvalue weighted by Gasteiger charge is 1.99. The highest BCUT2D eigenvalue weighted by atomic mass is 16.5. The van der Waals surface area contributed by atoms with Gasteiger partial charge in [-0.25, -0.2) is 0 Å². The summed E-state index contributed by atoms with van der Waals surface area (Å²) in [6.07, 6.45) is 1.67. The first-order chi connectivity index (χ1) is 9.81. The standard InChI is InChI=1S/C17H16N2O/c18-16-9-15-8-14(6-7-17(15)19-10-16)12-20-11-13-4-2-1-3-5-13/h1-10H,11-12,18H2. The smallest absolute Gasteiger partial charge is 0.0721 e. The summed E-state index contributed by atoms with van der Waals surface area (Å²) in [6.45, 7) is 1.20. The molecular weight excluding hydrogens is 248 g/mol. The molecule has 2 aromatic carbocycles. The first-order valence-electron chi connectivity index (χ1n) is 6.57. The Labute approximate surface area is 118 Å². The summed E-state index contributed by atoms with van der Waals surface area (Å²) in [4.78, 5) is 4.28. The molecule has 0 fully saturated rings. The van der Waals surface area contributed by atoms with Crippen molar-refractivity contribution in [3.63, 3.8) is 0 Å². The van der Waals surface area contributed by atoms with Crippen LogP contribution < -0.4 is 5.73 Å². The number of hydrogen-bond donors (Lipinski definition) is 1. The van der Waals surface area contributed by atoms with E-state index in [0.717, 1.165) is 16.5 Å². The molecule has 2 N–H and O–H groups in total. The van der Waals surface area contributed by atoms with E-state index in [2.05, 4.69) is 23.2 Å². The molecule has 0 aliphatic heterocycles. The molecule has 3 nitrogen and oxygen atoms in total. The third kappa shape index (κ3) is 2.95. The average Bonchev–Trinajstić information content (AvgIpc) is 2.48. The molecule has 3 heteroatoms. The van der Waals surface area contributed by atoms with Crippen molar-refractivity contribution in [2.75, 3.05) is 5.73 Å². The quantitative estimate of drug-likeness (QED) is 0.784. The monoisotopic (exact) mass is 264 g/mol. The van der Waals surface area contributed by atoms with Gasteiger partial charge in [0.25, 0.3) is 0 Å². The molecule has 100 valence electrons. The molecule has 0 bridgehead atoms. The first kappa shape index (κ1) is 12.6. The number of hydrogen-bond acceptors (Lipinski definition) is 3. The van der Waals surface area contributed by atoms with Crippen LogP contribution in [0.2, 0.25) is 0 Å². The van der Waals surface area contributed by atoms with Gasteiger partial charge >= 0.3 is 0 Å². The van der Waals surface area contributed by atoms with Crippen LogP contribution in [-0.4, -0.2) is 4.98 Å². The molecular formula is C17H16N2O. The van der Waals surface area contributed by atoms with Crippen LogP contribution in [0.1, 0.15) is 11.1 Å². The summed E-state index contributed by atoms with van der Waals surface area (Å²) < 4.78 is 5.73. The van der Waals surface area contributed by atoms with E-state index in [1.807, 2.05) is 36.4 Å². The molecule has 1 aromatic heterocycles. The van der Waals surface area contributed by atoms with Crippen molar-refractivity contribution in [2.45, 2.75) is 13.2 Å². The number of rotatable bonds is 4. The lowest BCUT2D eigenvalue weighted by Gasteiger charge is -2.06. The summed E-state index contributed by atoms with van der Waals surface area (Å²) >= 11 is 0. The summed E-state index contributed by atoms with van der Waals surface area (Å²) in [6, 6.07) is 18.2. The Morgan fingerprint density at radius 3 is 2.55 bits per heavy atom. The van der Waals surface area contributed by atoms with Crippen molar-refractivity contribution < 1.29 is 4.74 Å². The number of aromatic nitrogens is 1. The minimum atomic E-state index is 0.583. The third-order valence-corrected chi connectivity index (χ3v) is 3.15. The molecule has 0 unspecified atom stereocenters. The van der Waals surface area contributed by atoms with E-state index >= 15 is 0 Å². The summed E-state index contributed by atoms with van der Waals surface area (Å²) in [7, 11) is 0. The van der Waals surface area contributed by atoms with Crippen LogP contribution in [0.3, 0.4) is 0 Å². The Morgan fingerprint density at radius 1 is 0.900 bits per heavy atom. The molecule has 0 saturated heterocycles. The van der Waals surface area contributed by atoms with Crippen molar-refractivity contribution in [3.05, 3.63) is 71.9 Å². The molecule has 0 spiro atoms. The van der Waals surface area contributed by atoms with Gasteiger partial charge in [0.1, 0.15) is 0 Å². The predicted molar refractivity (Wildman–Crippen MR) is 81.1 cm³/mol. The van der Waals surface area contributed by atoms with Gasteiger partial charge in [-0.15, -0.1) is 0 Å². The number of ether oxygens (including phenoxy) is 1. The van der Waals surface area contributed by atoms with Crippen molar-refractivity contribution in [1.29, 1.82) is 0 Å². The fourth-order valence-electron chi connectivity index (χ4n) is 2.15. The van der Waals surface area contributed by atoms with E-state index in [9.17, 15) is 0 Å². The fraction of sp³-hybridized carbons (Fsp3) is 0.118. The van der Waals surface area contributed by atoms with E-state index in [1.54, 1.807) is 6.20 Å². The Kier molecular flexibility index (Phi) is 3.61. The minimum Gasteiger partial charge on any atom is -0.397 e. The zero-order valence-electron chi connectivity index (χ0n) is 11.1. The minimum absolute atomic E-state index is 0.583. The molecule has 0 radical (unpaired) electrons. The zero-order valence-corrected chi connectivity index (χ0v) is 11.1. The van der Waals surface area contributed by atoms with Crippen LogP contribution in [0.15, 0.2) is 60.8 Å².